The van der Waals surface area contributed by atoms with Crippen molar-refractivity contribution in [3.63, 3.8) is 0 Å². The molecule has 0 saturated carbocycles. The number of carbonyl (C=O) groups excluding carboxylic acids is 2. The predicted octanol–water partition coefficient (Wildman–Crippen LogP) is -1.92. The molecule has 11 heavy (non-hydrogen) atoms. The summed E-state index contributed by atoms with van der Waals surface area (Å²) in [7, 11) is 0. The molecule has 5 nitrogen and oxygen atoms in total. The van der Waals surface area contributed by atoms with Gasteiger partial charge in [0.2, 0.25) is 11.8 Å². The lowest BCUT2D eigenvalue weighted by Gasteiger charge is -2.29. The van der Waals surface area contributed by atoms with E-state index in [4.69, 9.17) is 11.5 Å². The van der Waals surface area contributed by atoms with Crippen molar-refractivity contribution in [3.05, 3.63) is 0 Å². The molecule has 0 bridgehead atoms. The van der Waals surface area contributed by atoms with E-state index in [-0.39, 0.29) is 18.9 Å². The second-order valence-corrected chi connectivity index (χ2v) is 2.80. The van der Waals surface area contributed by atoms with Crippen molar-refractivity contribution in [3.8, 4) is 0 Å². The van der Waals surface area contributed by atoms with Gasteiger partial charge in [0.15, 0.2) is 0 Å². The van der Waals surface area contributed by atoms with Crippen LogP contribution in [0.15, 0.2) is 0 Å². The SMILES string of the molecule is NC(=O)C1(N)CCC(=O)NC1. The topological polar surface area (TPSA) is 98.2 Å². The van der Waals surface area contributed by atoms with Crippen LogP contribution in [0.2, 0.25) is 0 Å². The van der Waals surface area contributed by atoms with Gasteiger partial charge in [0, 0.05) is 13.0 Å². The van der Waals surface area contributed by atoms with Gasteiger partial charge >= 0.3 is 0 Å². The van der Waals surface area contributed by atoms with Crippen molar-refractivity contribution in [2.24, 2.45) is 11.5 Å². The molecule has 1 atom stereocenters. The summed E-state index contributed by atoms with van der Waals surface area (Å²) in [6.45, 7) is 0.154. The molecule has 0 radical (unpaired) electrons. The summed E-state index contributed by atoms with van der Waals surface area (Å²) >= 11 is 0. The zero-order valence-electron chi connectivity index (χ0n) is 6.09. The first-order chi connectivity index (χ1) is 5.04. The third-order valence-electron chi connectivity index (χ3n) is 1.89. The summed E-state index contributed by atoms with van der Waals surface area (Å²) in [6, 6.07) is 0. The molecule has 5 heteroatoms. The average molecular weight is 157 g/mol. The van der Waals surface area contributed by atoms with Gasteiger partial charge in [0.25, 0.3) is 0 Å². The molecule has 1 saturated heterocycles. The standard InChI is InChI=1S/C6H11N3O2/c7-5(11)6(8)2-1-4(10)9-3-6/h1-3,8H2,(H2,7,11)(H,9,10). The van der Waals surface area contributed by atoms with Gasteiger partial charge in [-0.25, -0.2) is 0 Å². The lowest BCUT2D eigenvalue weighted by molar-refractivity contribution is -0.128. The summed E-state index contributed by atoms with van der Waals surface area (Å²) in [5, 5.41) is 2.49. The molecule has 1 fully saturated rings. The average Bonchev–Trinajstić information content (AvgIpc) is 1.95. The number of rotatable bonds is 1. The normalized spacial score (nSPS) is 31.2. The van der Waals surface area contributed by atoms with Crippen molar-refractivity contribution in [1.82, 2.24) is 5.32 Å². The predicted molar refractivity (Wildman–Crippen MR) is 38.4 cm³/mol. The minimum Gasteiger partial charge on any atom is -0.368 e. The van der Waals surface area contributed by atoms with Crippen LogP contribution in [0, 0.1) is 0 Å². The first-order valence-corrected chi connectivity index (χ1v) is 3.40. The second kappa shape index (κ2) is 2.50. The summed E-state index contributed by atoms with van der Waals surface area (Å²) in [5.41, 5.74) is 9.57. The highest BCUT2D eigenvalue weighted by atomic mass is 16.2. The lowest BCUT2D eigenvalue weighted by Crippen LogP contribution is -2.61. The van der Waals surface area contributed by atoms with Crippen molar-refractivity contribution in [1.29, 1.82) is 0 Å². The third-order valence-corrected chi connectivity index (χ3v) is 1.89. The van der Waals surface area contributed by atoms with Gasteiger partial charge in [0.1, 0.15) is 5.54 Å². The van der Waals surface area contributed by atoms with Crippen LogP contribution in [0.3, 0.4) is 0 Å². The largest absolute Gasteiger partial charge is 0.368 e. The van der Waals surface area contributed by atoms with Crippen molar-refractivity contribution >= 4 is 11.8 Å². The Labute approximate surface area is 64.1 Å². The maximum atomic E-state index is 10.7. The molecule has 62 valence electrons. The Balaban J connectivity index is 2.62. The van der Waals surface area contributed by atoms with Gasteiger partial charge in [-0.2, -0.15) is 0 Å². The minimum absolute atomic E-state index is 0.0766. The number of hydrogen-bond donors (Lipinski definition) is 3. The van der Waals surface area contributed by atoms with Gasteiger partial charge < -0.3 is 16.8 Å². The van der Waals surface area contributed by atoms with E-state index in [9.17, 15) is 9.59 Å². The Bertz CT molecular complexity index is 192. The second-order valence-electron chi connectivity index (χ2n) is 2.80. The fourth-order valence-corrected chi connectivity index (χ4v) is 0.980. The molecule has 0 aromatic rings. The zero-order valence-corrected chi connectivity index (χ0v) is 6.09. The van der Waals surface area contributed by atoms with E-state index in [1.165, 1.54) is 0 Å². The summed E-state index contributed by atoms with van der Waals surface area (Å²) < 4.78 is 0. The zero-order chi connectivity index (χ0) is 8.48. The van der Waals surface area contributed by atoms with E-state index >= 15 is 0 Å². The molecule has 5 N–H and O–H groups in total. The molecule has 1 aliphatic heterocycles. The van der Waals surface area contributed by atoms with Crippen LogP contribution < -0.4 is 16.8 Å². The molecule has 1 heterocycles. The highest BCUT2D eigenvalue weighted by Gasteiger charge is 2.35. The Morgan fingerprint density at radius 1 is 1.64 bits per heavy atom. The summed E-state index contributed by atoms with van der Waals surface area (Å²) in [4.78, 5) is 21.4. The van der Waals surface area contributed by atoms with Crippen molar-refractivity contribution in [2.75, 3.05) is 6.54 Å². The molecular weight excluding hydrogens is 146 g/mol. The quantitative estimate of drug-likeness (QED) is 0.413. The van der Waals surface area contributed by atoms with Gasteiger partial charge in [-0.1, -0.05) is 0 Å². The number of hydrogen-bond acceptors (Lipinski definition) is 3. The highest BCUT2D eigenvalue weighted by molar-refractivity contribution is 5.88. The fourth-order valence-electron chi connectivity index (χ4n) is 0.980. The number of nitrogens with two attached hydrogens (primary N) is 2. The van der Waals surface area contributed by atoms with Crippen LogP contribution >= 0.6 is 0 Å². The maximum Gasteiger partial charge on any atom is 0.239 e. The van der Waals surface area contributed by atoms with Crippen LogP contribution in [0.4, 0.5) is 0 Å². The van der Waals surface area contributed by atoms with E-state index in [0.717, 1.165) is 0 Å². The Morgan fingerprint density at radius 3 is 2.64 bits per heavy atom. The number of amides is 2. The molecule has 0 aromatic carbocycles. The smallest absolute Gasteiger partial charge is 0.239 e. The molecule has 1 unspecified atom stereocenters. The molecule has 2 amide bonds. The van der Waals surface area contributed by atoms with Crippen LogP contribution in [0.5, 0.6) is 0 Å². The van der Waals surface area contributed by atoms with Gasteiger partial charge in [-0.15, -0.1) is 0 Å². The Hall–Kier alpha value is -1.10. The first-order valence-electron chi connectivity index (χ1n) is 3.40. The molecular formula is C6H11N3O2. The van der Waals surface area contributed by atoms with Crippen LogP contribution in [0.1, 0.15) is 12.8 Å². The van der Waals surface area contributed by atoms with Crippen LogP contribution in [0.25, 0.3) is 0 Å². The third kappa shape index (κ3) is 1.48. The van der Waals surface area contributed by atoms with Gasteiger partial charge in [-0.05, 0) is 6.42 Å². The summed E-state index contributed by atoms with van der Waals surface area (Å²) in [6.07, 6.45) is 0.619. The fraction of sp³-hybridized carbons (Fsp3) is 0.667. The maximum absolute atomic E-state index is 10.7. The first kappa shape index (κ1) is 8.00. The minimum atomic E-state index is -1.03. The van der Waals surface area contributed by atoms with Crippen LogP contribution in [-0.4, -0.2) is 23.9 Å². The summed E-state index contributed by atoms with van der Waals surface area (Å²) in [5.74, 6) is -0.634. The molecule has 0 spiro atoms. The monoisotopic (exact) mass is 157 g/mol. The van der Waals surface area contributed by atoms with Gasteiger partial charge in [-0.3, -0.25) is 9.59 Å². The van der Waals surface area contributed by atoms with E-state index in [2.05, 4.69) is 5.32 Å². The highest BCUT2D eigenvalue weighted by Crippen LogP contribution is 2.12. The van der Waals surface area contributed by atoms with Crippen molar-refractivity contribution in [2.45, 2.75) is 18.4 Å². The van der Waals surface area contributed by atoms with E-state index in [1.54, 1.807) is 0 Å². The van der Waals surface area contributed by atoms with Crippen molar-refractivity contribution < 1.29 is 9.59 Å². The van der Waals surface area contributed by atoms with Gasteiger partial charge in [0.05, 0.1) is 0 Å². The molecule has 1 rings (SSSR count). The molecule has 0 aromatic heterocycles. The Morgan fingerprint density at radius 2 is 2.27 bits per heavy atom. The number of carbonyl (C=O) groups is 2. The molecule has 1 aliphatic rings. The van der Waals surface area contributed by atoms with E-state index in [0.29, 0.717) is 6.42 Å². The van der Waals surface area contributed by atoms with Crippen LogP contribution in [-0.2, 0) is 9.59 Å². The lowest BCUT2D eigenvalue weighted by atomic mass is 9.90. The number of primary amides is 1. The molecule has 0 aliphatic carbocycles. The number of piperidine rings is 1. The van der Waals surface area contributed by atoms with E-state index in [1.807, 2.05) is 0 Å². The number of nitrogens with one attached hydrogen (secondary N) is 1. The Kier molecular flexibility index (Phi) is 1.82. The van der Waals surface area contributed by atoms with E-state index < -0.39 is 11.4 Å².